The summed E-state index contributed by atoms with van der Waals surface area (Å²) in [5.41, 5.74) is 1.37. The highest BCUT2D eigenvalue weighted by Crippen LogP contribution is 2.33. The van der Waals surface area contributed by atoms with Crippen molar-refractivity contribution in [2.45, 2.75) is 6.92 Å². The molecule has 0 saturated heterocycles. The van der Waals surface area contributed by atoms with E-state index in [1.165, 1.54) is 6.33 Å². The molecule has 0 fully saturated rings. The van der Waals surface area contributed by atoms with Gasteiger partial charge in [-0.1, -0.05) is 17.7 Å². The molecule has 2 rings (SSSR count). The molecule has 0 unspecified atom stereocenters. The van der Waals surface area contributed by atoms with E-state index in [2.05, 4.69) is 15.3 Å². The minimum atomic E-state index is -0.506. The van der Waals surface area contributed by atoms with Crippen LogP contribution in [0.5, 0.6) is 0 Å². The standard InChI is InChI=1S/C13H14ClN5O2/c1-8-4-5-9(6-10(8)14)17-12-11(19(20)21)13(18(2)3)16-7-15-12/h4-7H,1-3H3,(H,15,16,17). The fourth-order valence-electron chi connectivity index (χ4n) is 1.76. The summed E-state index contributed by atoms with van der Waals surface area (Å²) in [4.78, 5) is 20.2. The zero-order chi connectivity index (χ0) is 15.6. The van der Waals surface area contributed by atoms with Crippen molar-refractivity contribution in [3.05, 3.63) is 45.2 Å². The monoisotopic (exact) mass is 307 g/mol. The number of benzene rings is 1. The summed E-state index contributed by atoms with van der Waals surface area (Å²) in [6.45, 7) is 1.88. The van der Waals surface area contributed by atoms with E-state index >= 15 is 0 Å². The van der Waals surface area contributed by atoms with Crippen molar-refractivity contribution >= 4 is 34.6 Å². The lowest BCUT2D eigenvalue weighted by Gasteiger charge is -2.13. The van der Waals surface area contributed by atoms with Gasteiger partial charge in [-0.25, -0.2) is 9.97 Å². The van der Waals surface area contributed by atoms with Crippen LogP contribution in [0.3, 0.4) is 0 Å². The van der Waals surface area contributed by atoms with Crippen LogP contribution in [0, 0.1) is 17.0 Å². The second-order valence-electron chi connectivity index (χ2n) is 4.63. The molecule has 0 aliphatic rings. The number of hydrogen-bond acceptors (Lipinski definition) is 6. The summed E-state index contributed by atoms with van der Waals surface area (Å²) in [6.07, 6.45) is 1.28. The Labute approximate surface area is 126 Å². The van der Waals surface area contributed by atoms with E-state index < -0.39 is 4.92 Å². The maximum absolute atomic E-state index is 11.3. The molecular weight excluding hydrogens is 294 g/mol. The number of hydrogen-bond donors (Lipinski definition) is 1. The molecule has 0 spiro atoms. The Balaban J connectivity index is 2.46. The third-order valence-corrected chi connectivity index (χ3v) is 3.25. The maximum atomic E-state index is 11.3. The van der Waals surface area contributed by atoms with Gasteiger partial charge in [-0.2, -0.15) is 0 Å². The summed E-state index contributed by atoms with van der Waals surface area (Å²) in [5.74, 6) is 0.356. The van der Waals surface area contributed by atoms with Crippen LogP contribution in [0.1, 0.15) is 5.56 Å². The molecule has 0 radical (unpaired) electrons. The molecule has 21 heavy (non-hydrogen) atoms. The van der Waals surface area contributed by atoms with Gasteiger partial charge in [-0.15, -0.1) is 0 Å². The smallest absolute Gasteiger partial charge is 0.353 e. The molecule has 0 saturated carbocycles. The molecule has 1 N–H and O–H groups in total. The SMILES string of the molecule is Cc1ccc(Nc2ncnc(N(C)C)c2[N+](=O)[O-])cc1Cl. The number of anilines is 3. The van der Waals surface area contributed by atoms with Crippen molar-refractivity contribution in [3.63, 3.8) is 0 Å². The Kier molecular flexibility index (Phi) is 4.23. The van der Waals surface area contributed by atoms with Gasteiger partial charge < -0.3 is 10.2 Å². The number of nitrogens with one attached hydrogen (secondary N) is 1. The fraction of sp³-hybridized carbons (Fsp3) is 0.231. The van der Waals surface area contributed by atoms with Gasteiger partial charge in [0.1, 0.15) is 6.33 Å². The van der Waals surface area contributed by atoms with Crippen molar-refractivity contribution in [3.8, 4) is 0 Å². The van der Waals surface area contributed by atoms with Gasteiger partial charge in [0.25, 0.3) is 0 Å². The van der Waals surface area contributed by atoms with Gasteiger partial charge in [-0.3, -0.25) is 10.1 Å². The molecule has 1 aromatic carbocycles. The first-order valence-electron chi connectivity index (χ1n) is 6.10. The molecule has 110 valence electrons. The Morgan fingerprint density at radius 3 is 2.62 bits per heavy atom. The van der Waals surface area contributed by atoms with E-state index in [9.17, 15) is 10.1 Å². The Morgan fingerprint density at radius 1 is 1.33 bits per heavy atom. The highest BCUT2D eigenvalue weighted by Gasteiger charge is 2.24. The third kappa shape index (κ3) is 3.19. The largest absolute Gasteiger partial charge is 0.357 e. The van der Waals surface area contributed by atoms with Crippen molar-refractivity contribution in [2.24, 2.45) is 0 Å². The van der Waals surface area contributed by atoms with Gasteiger partial charge in [-0.05, 0) is 24.6 Å². The van der Waals surface area contributed by atoms with Crippen LogP contribution >= 0.6 is 11.6 Å². The van der Waals surface area contributed by atoms with Gasteiger partial charge in [0, 0.05) is 24.8 Å². The van der Waals surface area contributed by atoms with Gasteiger partial charge in [0.15, 0.2) is 0 Å². The van der Waals surface area contributed by atoms with E-state index in [-0.39, 0.29) is 17.3 Å². The molecule has 0 aliphatic carbocycles. The fourth-order valence-corrected chi connectivity index (χ4v) is 1.94. The van der Waals surface area contributed by atoms with Crippen LogP contribution in [-0.2, 0) is 0 Å². The van der Waals surface area contributed by atoms with Gasteiger partial charge in [0.05, 0.1) is 4.92 Å². The third-order valence-electron chi connectivity index (χ3n) is 2.84. The van der Waals surface area contributed by atoms with Crippen LogP contribution < -0.4 is 10.2 Å². The van der Waals surface area contributed by atoms with Crippen LogP contribution in [0.2, 0.25) is 5.02 Å². The number of halogens is 1. The minimum absolute atomic E-state index is 0.124. The van der Waals surface area contributed by atoms with Crippen LogP contribution in [0.25, 0.3) is 0 Å². The van der Waals surface area contributed by atoms with E-state index in [0.717, 1.165) is 5.56 Å². The second-order valence-corrected chi connectivity index (χ2v) is 5.04. The number of aryl methyl sites for hydroxylation is 1. The summed E-state index contributed by atoms with van der Waals surface area (Å²) < 4.78 is 0. The maximum Gasteiger partial charge on any atom is 0.353 e. The Morgan fingerprint density at radius 2 is 2.05 bits per heavy atom. The predicted octanol–water partition coefficient (Wildman–Crippen LogP) is 3.16. The van der Waals surface area contributed by atoms with E-state index in [4.69, 9.17) is 11.6 Å². The van der Waals surface area contributed by atoms with Crippen LogP contribution in [0.15, 0.2) is 24.5 Å². The predicted molar refractivity (Wildman–Crippen MR) is 82.5 cm³/mol. The quantitative estimate of drug-likeness (QED) is 0.690. The van der Waals surface area contributed by atoms with E-state index in [1.54, 1.807) is 31.1 Å². The first kappa shape index (κ1) is 15.0. The molecular formula is C13H14ClN5O2. The number of nitrogens with zero attached hydrogens (tertiary/aromatic N) is 4. The molecule has 0 amide bonds. The van der Waals surface area contributed by atoms with Gasteiger partial charge in [0.2, 0.25) is 11.6 Å². The molecule has 1 heterocycles. The lowest BCUT2D eigenvalue weighted by atomic mass is 10.2. The van der Waals surface area contributed by atoms with Crippen molar-refractivity contribution in [2.75, 3.05) is 24.3 Å². The zero-order valence-electron chi connectivity index (χ0n) is 11.8. The summed E-state index contributed by atoms with van der Waals surface area (Å²) in [6, 6.07) is 5.30. The van der Waals surface area contributed by atoms with Gasteiger partial charge >= 0.3 is 5.69 Å². The normalized spacial score (nSPS) is 10.3. The van der Waals surface area contributed by atoms with Crippen molar-refractivity contribution < 1.29 is 4.92 Å². The molecule has 0 bridgehead atoms. The highest BCUT2D eigenvalue weighted by molar-refractivity contribution is 6.31. The molecule has 2 aromatic rings. The molecule has 7 nitrogen and oxygen atoms in total. The molecule has 0 atom stereocenters. The van der Waals surface area contributed by atoms with E-state index in [0.29, 0.717) is 10.7 Å². The molecule has 8 heteroatoms. The second kappa shape index (κ2) is 5.92. The van der Waals surface area contributed by atoms with Crippen LogP contribution in [0.4, 0.5) is 23.0 Å². The average Bonchev–Trinajstić information content (AvgIpc) is 2.42. The highest BCUT2D eigenvalue weighted by atomic mass is 35.5. The Bertz CT molecular complexity index is 690. The summed E-state index contributed by atoms with van der Waals surface area (Å²) in [5, 5.41) is 14.8. The number of nitro groups is 1. The lowest BCUT2D eigenvalue weighted by Crippen LogP contribution is -2.14. The lowest BCUT2D eigenvalue weighted by molar-refractivity contribution is -0.383. The van der Waals surface area contributed by atoms with Crippen molar-refractivity contribution in [1.29, 1.82) is 0 Å². The van der Waals surface area contributed by atoms with Crippen LogP contribution in [-0.4, -0.2) is 29.0 Å². The first-order valence-corrected chi connectivity index (χ1v) is 6.48. The summed E-state index contributed by atoms with van der Waals surface area (Å²) >= 11 is 6.05. The average molecular weight is 308 g/mol. The summed E-state index contributed by atoms with van der Waals surface area (Å²) in [7, 11) is 3.36. The first-order chi connectivity index (χ1) is 9.90. The minimum Gasteiger partial charge on any atom is -0.357 e. The van der Waals surface area contributed by atoms with Crippen molar-refractivity contribution in [1.82, 2.24) is 9.97 Å². The van der Waals surface area contributed by atoms with E-state index in [1.807, 2.05) is 13.0 Å². The molecule has 1 aromatic heterocycles. The Hall–Kier alpha value is -2.41. The number of aromatic nitrogens is 2. The topological polar surface area (TPSA) is 84.2 Å². The number of rotatable bonds is 4. The molecule has 0 aliphatic heterocycles. The zero-order valence-corrected chi connectivity index (χ0v) is 12.5.